The molecule has 0 spiro atoms. The van der Waals surface area contributed by atoms with Gasteiger partial charge in [-0.15, -0.1) is 11.3 Å². The Labute approximate surface area is 202 Å². The third-order valence-electron chi connectivity index (χ3n) is 6.52. The van der Waals surface area contributed by atoms with Crippen LogP contribution in [0.5, 0.6) is 0 Å². The highest BCUT2D eigenvalue weighted by molar-refractivity contribution is 8.00. The van der Waals surface area contributed by atoms with E-state index in [1.165, 1.54) is 35.0 Å². The van der Waals surface area contributed by atoms with E-state index in [1.54, 1.807) is 15.9 Å². The van der Waals surface area contributed by atoms with Gasteiger partial charge in [-0.1, -0.05) is 36.4 Å². The molecule has 3 aromatic rings. The number of para-hydroxylation sites is 1. The number of rotatable bonds is 4. The van der Waals surface area contributed by atoms with Crippen molar-refractivity contribution in [1.29, 1.82) is 0 Å². The molecule has 0 saturated carbocycles. The Bertz CT molecular complexity index is 1240. The van der Waals surface area contributed by atoms with E-state index in [0.717, 1.165) is 40.7 Å². The summed E-state index contributed by atoms with van der Waals surface area (Å²) in [5.41, 5.74) is 3.03. The van der Waals surface area contributed by atoms with Crippen LogP contribution >= 0.6 is 23.1 Å². The molecule has 1 saturated heterocycles. The molecular formula is C25H29N3O3S2. The summed E-state index contributed by atoms with van der Waals surface area (Å²) in [6, 6.07) is 7.90. The molecule has 174 valence electrons. The fraction of sp³-hybridized carbons (Fsp3) is 0.480. The molecule has 1 aromatic carbocycles. The molecule has 1 fully saturated rings. The smallest absolute Gasteiger partial charge is 0.267 e. The molecule has 0 radical (unpaired) electrons. The molecule has 1 aliphatic heterocycles. The Morgan fingerprint density at radius 3 is 2.70 bits per heavy atom. The molecule has 8 heteroatoms. The Morgan fingerprint density at radius 1 is 1.15 bits per heavy atom. The van der Waals surface area contributed by atoms with Gasteiger partial charge < -0.3 is 9.64 Å². The second-order valence-corrected chi connectivity index (χ2v) is 11.2. The van der Waals surface area contributed by atoms with E-state index in [4.69, 9.17) is 9.72 Å². The number of morpholine rings is 1. The maximum atomic E-state index is 14.0. The van der Waals surface area contributed by atoms with Gasteiger partial charge in [-0.25, -0.2) is 4.98 Å². The third-order valence-corrected chi connectivity index (χ3v) is 8.74. The first-order valence-electron chi connectivity index (χ1n) is 11.7. The highest BCUT2D eigenvalue weighted by atomic mass is 32.2. The zero-order valence-electron chi connectivity index (χ0n) is 19.1. The molecule has 2 aromatic heterocycles. The van der Waals surface area contributed by atoms with Crippen LogP contribution < -0.4 is 5.56 Å². The minimum Gasteiger partial charge on any atom is -0.378 e. The van der Waals surface area contributed by atoms with Gasteiger partial charge in [-0.3, -0.25) is 14.2 Å². The lowest BCUT2D eigenvalue weighted by Crippen LogP contribution is -2.44. The maximum Gasteiger partial charge on any atom is 0.267 e. The van der Waals surface area contributed by atoms with Gasteiger partial charge in [0, 0.05) is 18.0 Å². The fourth-order valence-electron chi connectivity index (χ4n) is 4.72. The van der Waals surface area contributed by atoms with E-state index >= 15 is 0 Å². The number of carbonyl (C=O) groups excluding carboxylic acids is 1. The van der Waals surface area contributed by atoms with Crippen LogP contribution in [0.1, 0.15) is 42.2 Å². The van der Waals surface area contributed by atoms with E-state index in [2.05, 4.69) is 0 Å². The molecule has 1 unspecified atom stereocenters. The number of benzene rings is 1. The second-order valence-electron chi connectivity index (χ2n) is 8.76. The normalized spacial score (nSPS) is 17.6. The Morgan fingerprint density at radius 2 is 1.91 bits per heavy atom. The van der Waals surface area contributed by atoms with E-state index in [9.17, 15) is 9.59 Å². The van der Waals surface area contributed by atoms with Gasteiger partial charge in [0.1, 0.15) is 4.83 Å². The number of thioether (sulfide) groups is 1. The summed E-state index contributed by atoms with van der Waals surface area (Å²) in [7, 11) is 0. The van der Waals surface area contributed by atoms with Crippen LogP contribution in [0, 0.1) is 6.92 Å². The van der Waals surface area contributed by atoms with Gasteiger partial charge in [-0.2, -0.15) is 0 Å². The number of fused-ring (bicyclic) bond motifs is 3. The average molecular weight is 484 g/mol. The predicted octanol–water partition coefficient (Wildman–Crippen LogP) is 4.36. The summed E-state index contributed by atoms with van der Waals surface area (Å²) in [6.07, 6.45) is 5.45. The molecule has 1 amide bonds. The fourth-order valence-corrected chi connectivity index (χ4v) is 7.02. The molecule has 0 bridgehead atoms. The van der Waals surface area contributed by atoms with Gasteiger partial charge in [0.05, 0.1) is 29.5 Å². The Balaban J connectivity index is 1.62. The highest BCUT2D eigenvalue weighted by Crippen LogP contribution is 2.35. The summed E-state index contributed by atoms with van der Waals surface area (Å²) in [4.78, 5) is 36.1. The molecule has 1 aliphatic carbocycles. The summed E-state index contributed by atoms with van der Waals surface area (Å²) in [6.45, 7) is 6.28. The van der Waals surface area contributed by atoms with Crippen LogP contribution in [-0.2, 0) is 22.4 Å². The minimum atomic E-state index is -0.347. The number of aryl methyl sites for hydroxylation is 3. The van der Waals surface area contributed by atoms with Crippen molar-refractivity contribution in [1.82, 2.24) is 14.5 Å². The number of carbonyl (C=O) groups is 1. The molecule has 6 nitrogen and oxygen atoms in total. The van der Waals surface area contributed by atoms with E-state index in [-0.39, 0.29) is 16.7 Å². The zero-order valence-corrected chi connectivity index (χ0v) is 20.8. The molecule has 2 aliphatic rings. The van der Waals surface area contributed by atoms with Gasteiger partial charge >= 0.3 is 0 Å². The number of thiophene rings is 1. The Kier molecular flexibility index (Phi) is 6.58. The van der Waals surface area contributed by atoms with Crippen LogP contribution in [0.4, 0.5) is 0 Å². The van der Waals surface area contributed by atoms with Crippen molar-refractivity contribution >= 4 is 39.2 Å². The van der Waals surface area contributed by atoms with Gasteiger partial charge in [0.25, 0.3) is 5.56 Å². The van der Waals surface area contributed by atoms with E-state index in [0.29, 0.717) is 31.5 Å². The van der Waals surface area contributed by atoms with Crippen LogP contribution in [0.2, 0.25) is 0 Å². The quantitative estimate of drug-likeness (QED) is 0.313. The first-order chi connectivity index (χ1) is 16.0. The monoisotopic (exact) mass is 483 g/mol. The van der Waals surface area contributed by atoms with Gasteiger partial charge in [-0.05, 0) is 56.7 Å². The molecule has 0 N–H and O–H groups in total. The SMILES string of the molecule is Cc1ccccc1-n1c(SC(C)C(=O)N2CCOCC2)nc2sc3c(c2c1=O)CCCCC3. The van der Waals surface area contributed by atoms with Crippen molar-refractivity contribution in [3.8, 4) is 5.69 Å². The van der Waals surface area contributed by atoms with E-state index in [1.807, 2.05) is 43.0 Å². The first-order valence-corrected chi connectivity index (χ1v) is 13.4. The maximum absolute atomic E-state index is 14.0. The molecule has 5 rings (SSSR count). The van der Waals surface area contributed by atoms with Crippen molar-refractivity contribution < 1.29 is 9.53 Å². The zero-order chi connectivity index (χ0) is 22.9. The number of aromatic nitrogens is 2. The number of hydrogen-bond donors (Lipinski definition) is 0. The number of ether oxygens (including phenoxy) is 1. The van der Waals surface area contributed by atoms with Crippen LogP contribution in [0.15, 0.2) is 34.2 Å². The summed E-state index contributed by atoms with van der Waals surface area (Å²) < 4.78 is 7.13. The molecular weight excluding hydrogens is 454 g/mol. The molecule has 1 atom stereocenters. The highest BCUT2D eigenvalue weighted by Gasteiger charge is 2.27. The second kappa shape index (κ2) is 9.60. The lowest BCUT2D eigenvalue weighted by molar-refractivity contribution is -0.134. The standard InChI is InChI=1S/C25H29N3O3S2/c1-16-8-6-7-10-19(16)28-24(30)21-18-9-4-3-5-11-20(18)33-22(21)26-25(28)32-17(2)23(29)27-12-14-31-15-13-27/h6-8,10,17H,3-5,9,11-15H2,1-2H3. The van der Waals surface area contributed by atoms with Crippen molar-refractivity contribution in [2.75, 3.05) is 26.3 Å². The van der Waals surface area contributed by atoms with Crippen LogP contribution in [0.25, 0.3) is 15.9 Å². The van der Waals surface area contributed by atoms with Gasteiger partial charge in [0.15, 0.2) is 5.16 Å². The first kappa shape index (κ1) is 22.6. The Hall–Kier alpha value is -2.16. The van der Waals surface area contributed by atoms with Gasteiger partial charge in [0.2, 0.25) is 5.91 Å². The van der Waals surface area contributed by atoms with Crippen molar-refractivity contribution in [2.45, 2.75) is 56.4 Å². The number of nitrogens with zero attached hydrogens (tertiary/aromatic N) is 3. The lowest BCUT2D eigenvalue weighted by Gasteiger charge is -2.29. The van der Waals surface area contributed by atoms with Crippen molar-refractivity contribution in [3.05, 3.63) is 50.6 Å². The average Bonchev–Trinajstić information content (AvgIpc) is 3.01. The van der Waals surface area contributed by atoms with Crippen LogP contribution in [0.3, 0.4) is 0 Å². The molecule has 3 heterocycles. The third kappa shape index (κ3) is 4.36. The summed E-state index contributed by atoms with van der Waals surface area (Å²) >= 11 is 3.04. The van der Waals surface area contributed by atoms with Crippen LogP contribution in [-0.4, -0.2) is 51.9 Å². The minimum absolute atomic E-state index is 0.0118. The van der Waals surface area contributed by atoms with Crippen molar-refractivity contribution in [3.63, 3.8) is 0 Å². The summed E-state index contributed by atoms with van der Waals surface area (Å²) in [5.74, 6) is 0.0657. The number of amides is 1. The largest absolute Gasteiger partial charge is 0.378 e. The van der Waals surface area contributed by atoms with E-state index < -0.39 is 0 Å². The van der Waals surface area contributed by atoms with Crippen molar-refractivity contribution in [2.24, 2.45) is 0 Å². The lowest BCUT2D eigenvalue weighted by atomic mass is 10.1. The molecule has 33 heavy (non-hydrogen) atoms. The predicted molar refractivity (Wildman–Crippen MR) is 134 cm³/mol. The topological polar surface area (TPSA) is 64.4 Å². The number of hydrogen-bond acceptors (Lipinski definition) is 6. The summed E-state index contributed by atoms with van der Waals surface area (Å²) in [5, 5.41) is 1.02.